The van der Waals surface area contributed by atoms with Crippen molar-refractivity contribution in [2.45, 2.75) is 60.2 Å². The van der Waals surface area contributed by atoms with Crippen molar-refractivity contribution in [2.75, 3.05) is 27.3 Å². The third-order valence-corrected chi connectivity index (χ3v) is 5.09. The number of carbonyl (C=O) groups is 3. The van der Waals surface area contributed by atoms with Gasteiger partial charge in [0, 0.05) is 31.0 Å². The fourth-order valence-electron chi connectivity index (χ4n) is 2.91. The highest BCUT2D eigenvalue weighted by molar-refractivity contribution is 5.86. The molecule has 2 unspecified atom stereocenters. The molecule has 0 aliphatic heterocycles. The molecule has 0 heterocycles. The number of carbonyl (C=O) groups excluding carboxylic acids is 3. The lowest BCUT2D eigenvalue weighted by Gasteiger charge is -2.48. The van der Waals surface area contributed by atoms with Crippen LogP contribution >= 0.6 is 0 Å². The van der Waals surface area contributed by atoms with Crippen LogP contribution in [0.1, 0.15) is 48.5 Å². The number of hydrogen-bond donors (Lipinski definition) is 1. The van der Waals surface area contributed by atoms with Gasteiger partial charge in [-0.05, 0) is 26.7 Å². The molecule has 164 valence electrons. The number of nitrogens with zero attached hydrogens (tertiary/aromatic N) is 1. The molecule has 1 amide bonds. The summed E-state index contributed by atoms with van der Waals surface area (Å²) in [6.45, 7) is 18.8. The van der Waals surface area contributed by atoms with Gasteiger partial charge in [0.05, 0.1) is 12.2 Å². The summed E-state index contributed by atoms with van der Waals surface area (Å²) in [4.78, 5) is 33.7. The summed E-state index contributed by atoms with van der Waals surface area (Å²) < 4.78 is 10.9. The van der Waals surface area contributed by atoms with E-state index in [4.69, 9.17) is 14.3 Å². The molecule has 0 radical (unpaired) electrons. The van der Waals surface area contributed by atoms with E-state index >= 15 is 0 Å². The molecule has 0 bridgehead atoms. The average molecular weight is 402 g/mol. The minimum Gasteiger partial charge on any atom is -0.460 e. The standard InChI is InChI=1S/C20H37NO5.CH2O/c1-13(2)16(17(23)21(9)10)19(5,6)20(7,8)26-12-15(22)11-25-18(24)14(3)4;1-2/h13,15-16,22H,3,11-12H2,1-2,4-10H3;1H2. The highest BCUT2D eigenvalue weighted by Crippen LogP contribution is 2.44. The Kier molecular flexibility index (Phi) is 12.2. The molecule has 0 aliphatic carbocycles. The Labute approximate surface area is 170 Å². The molecule has 28 heavy (non-hydrogen) atoms. The van der Waals surface area contributed by atoms with E-state index in [1.807, 2.05) is 48.3 Å². The number of esters is 1. The summed E-state index contributed by atoms with van der Waals surface area (Å²) in [5, 5.41) is 10.0. The summed E-state index contributed by atoms with van der Waals surface area (Å²) in [5.41, 5.74) is -0.898. The van der Waals surface area contributed by atoms with Crippen LogP contribution < -0.4 is 0 Å². The van der Waals surface area contributed by atoms with Crippen molar-refractivity contribution < 1.29 is 29.0 Å². The van der Waals surface area contributed by atoms with Crippen LogP contribution in [0.15, 0.2) is 12.2 Å². The third-order valence-electron chi connectivity index (χ3n) is 5.09. The maximum atomic E-state index is 12.7. The predicted octanol–water partition coefficient (Wildman–Crippen LogP) is 2.46. The van der Waals surface area contributed by atoms with Gasteiger partial charge in [-0.2, -0.15) is 0 Å². The van der Waals surface area contributed by atoms with Gasteiger partial charge in [0.1, 0.15) is 19.5 Å². The Morgan fingerprint density at radius 3 is 1.89 bits per heavy atom. The molecule has 0 aromatic carbocycles. The zero-order valence-corrected chi connectivity index (χ0v) is 19.0. The highest BCUT2D eigenvalue weighted by atomic mass is 16.6. The van der Waals surface area contributed by atoms with Crippen LogP contribution in [-0.4, -0.2) is 67.7 Å². The molecule has 0 saturated carbocycles. The monoisotopic (exact) mass is 401 g/mol. The van der Waals surface area contributed by atoms with Gasteiger partial charge in [0.15, 0.2) is 0 Å². The number of aliphatic hydroxyl groups is 1. The highest BCUT2D eigenvalue weighted by Gasteiger charge is 2.49. The second kappa shape index (κ2) is 12.0. The topological polar surface area (TPSA) is 93.1 Å². The van der Waals surface area contributed by atoms with Crippen LogP contribution in [-0.2, 0) is 23.9 Å². The Hall–Kier alpha value is -1.73. The van der Waals surface area contributed by atoms with Gasteiger partial charge >= 0.3 is 5.97 Å². The van der Waals surface area contributed by atoms with E-state index in [0.29, 0.717) is 0 Å². The molecule has 0 aromatic rings. The molecule has 7 nitrogen and oxygen atoms in total. The molecule has 0 aliphatic rings. The Balaban J connectivity index is 0. The summed E-state index contributed by atoms with van der Waals surface area (Å²) in [7, 11) is 3.50. The number of amides is 1. The molecule has 1 N–H and O–H groups in total. The van der Waals surface area contributed by atoms with E-state index in [0.717, 1.165) is 0 Å². The van der Waals surface area contributed by atoms with Gasteiger partial charge in [-0.3, -0.25) is 4.79 Å². The number of aliphatic hydroxyl groups excluding tert-OH is 1. The Bertz CT molecular complexity index is 525. The lowest BCUT2D eigenvalue weighted by atomic mass is 9.63. The van der Waals surface area contributed by atoms with Crippen molar-refractivity contribution >= 4 is 18.7 Å². The molecule has 2 atom stereocenters. The number of rotatable bonds is 10. The van der Waals surface area contributed by atoms with E-state index in [9.17, 15) is 14.7 Å². The van der Waals surface area contributed by atoms with Gasteiger partial charge in [-0.25, -0.2) is 4.79 Å². The van der Waals surface area contributed by atoms with Crippen molar-refractivity contribution in [2.24, 2.45) is 17.3 Å². The van der Waals surface area contributed by atoms with Crippen molar-refractivity contribution in [3.63, 3.8) is 0 Å². The van der Waals surface area contributed by atoms with E-state index in [-0.39, 0.29) is 36.5 Å². The fraction of sp³-hybridized carbons (Fsp3) is 0.762. The van der Waals surface area contributed by atoms with Crippen molar-refractivity contribution in [1.29, 1.82) is 0 Å². The minimum absolute atomic E-state index is 0.000864. The lowest BCUT2D eigenvalue weighted by molar-refractivity contribution is -0.170. The summed E-state index contributed by atoms with van der Waals surface area (Å²) in [5.74, 6) is -0.604. The molecule has 0 spiro atoms. The number of ether oxygens (including phenoxy) is 2. The lowest BCUT2D eigenvalue weighted by Crippen LogP contribution is -2.53. The van der Waals surface area contributed by atoms with Gasteiger partial charge in [0.25, 0.3) is 0 Å². The van der Waals surface area contributed by atoms with Crippen LogP contribution in [0.5, 0.6) is 0 Å². The molecule has 0 fully saturated rings. The van der Waals surface area contributed by atoms with E-state index in [2.05, 4.69) is 6.58 Å². The minimum atomic E-state index is -0.949. The predicted molar refractivity (Wildman–Crippen MR) is 110 cm³/mol. The Morgan fingerprint density at radius 1 is 1.07 bits per heavy atom. The quantitative estimate of drug-likeness (QED) is 0.446. The first kappa shape index (κ1) is 28.5. The maximum Gasteiger partial charge on any atom is 0.333 e. The zero-order valence-electron chi connectivity index (χ0n) is 19.0. The average Bonchev–Trinajstić information content (AvgIpc) is 2.58. The Morgan fingerprint density at radius 2 is 1.54 bits per heavy atom. The molecule has 0 aromatic heterocycles. The first-order valence-corrected chi connectivity index (χ1v) is 9.29. The first-order valence-electron chi connectivity index (χ1n) is 9.29. The number of hydrogen-bond acceptors (Lipinski definition) is 6. The van der Waals surface area contributed by atoms with Crippen LogP contribution in [0.3, 0.4) is 0 Å². The van der Waals surface area contributed by atoms with E-state index in [1.54, 1.807) is 25.9 Å². The molecular formula is C21H39NO6. The first-order chi connectivity index (χ1) is 12.6. The second-order valence-electron chi connectivity index (χ2n) is 8.53. The second-order valence-corrected chi connectivity index (χ2v) is 8.53. The van der Waals surface area contributed by atoms with Crippen molar-refractivity contribution in [3.8, 4) is 0 Å². The van der Waals surface area contributed by atoms with Crippen LogP contribution in [0.25, 0.3) is 0 Å². The summed E-state index contributed by atoms with van der Waals surface area (Å²) in [6.07, 6.45) is -0.949. The summed E-state index contributed by atoms with van der Waals surface area (Å²) >= 11 is 0. The molecule has 0 rings (SSSR count). The smallest absolute Gasteiger partial charge is 0.333 e. The third kappa shape index (κ3) is 8.10. The normalized spacial score (nSPS) is 13.8. The van der Waals surface area contributed by atoms with Gasteiger partial charge in [-0.15, -0.1) is 0 Å². The maximum absolute atomic E-state index is 12.7. The largest absolute Gasteiger partial charge is 0.460 e. The SMILES string of the molecule is C=C(C)C(=O)OCC(O)COC(C)(C)C(C)(C)C(C(=O)N(C)C)C(C)C.C=O. The van der Waals surface area contributed by atoms with Crippen molar-refractivity contribution in [1.82, 2.24) is 4.90 Å². The van der Waals surface area contributed by atoms with Gasteiger partial charge < -0.3 is 24.3 Å². The van der Waals surface area contributed by atoms with Crippen LogP contribution in [0.4, 0.5) is 0 Å². The van der Waals surface area contributed by atoms with E-state index in [1.165, 1.54) is 0 Å². The molecule has 0 saturated heterocycles. The fourth-order valence-corrected chi connectivity index (χ4v) is 2.91. The van der Waals surface area contributed by atoms with Gasteiger partial charge in [0.2, 0.25) is 5.91 Å². The zero-order chi connectivity index (χ0) is 22.9. The molecule has 7 heteroatoms. The van der Waals surface area contributed by atoms with Gasteiger partial charge in [-0.1, -0.05) is 34.3 Å². The van der Waals surface area contributed by atoms with E-state index < -0.39 is 23.1 Å². The van der Waals surface area contributed by atoms with Crippen LogP contribution in [0, 0.1) is 17.3 Å². The van der Waals surface area contributed by atoms with Crippen molar-refractivity contribution in [3.05, 3.63) is 12.2 Å². The molecular weight excluding hydrogens is 362 g/mol. The van der Waals surface area contributed by atoms with Crippen LogP contribution in [0.2, 0.25) is 0 Å². The summed E-state index contributed by atoms with van der Waals surface area (Å²) in [6, 6.07) is 0.